The van der Waals surface area contributed by atoms with Crippen molar-refractivity contribution in [3.05, 3.63) is 59.7 Å². The summed E-state index contributed by atoms with van der Waals surface area (Å²) < 4.78 is 5.54. The Morgan fingerprint density at radius 2 is 1.72 bits per heavy atom. The third-order valence-electron chi connectivity index (χ3n) is 5.18. The van der Waals surface area contributed by atoms with Crippen molar-refractivity contribution in [3.63, 3.8) is 0 Å². The van der Waals surface area contributed by atoms with Crippen molar-refractivity contribution in [1.82, 2.24) is 5.32 Å². The van der Waals surface area contributed by atoms with E-state index in [1.165, 1.54) is 0 Å². The molecule has 0 aliphatic carbocycles. The van der Waals surface area contributed by atoms with Gasteiger partial charge in [-0.2, -0.15) is 0 Å². The molecule has 1 aliphatic heterocycles. The molecule has 1 radical (unpaired) electrons. The SMILES string of the molecule is C=O.CC.CC(C)(C)NCCN(CCO)c1cccc2c1CCN2C(=O)OCc1ccccc1.[SH-].[Ta]. The minimum absolute atomic E-state index is 0. The van der Waals surface area contributed by atoms with Crippen LogP contribution in [0.5, 0.6) is 0 Å². The monoisotopic (exact) mass is 685 g/mol. The summed E-state index contributed by atoms with van der Waals surface area (Å²) in [4.78, 5) is 24.6. The summed E-state index contributed by atoms with van der Waals surface area (Å²) in [6.45, 7) is 15.5. The fraction of sp³-hybridized carbons (Fsp3) is 0.481. The van der Waals surface area contributed by atoms with E-state index in [2.05, 4.69) is 37.1 Å². The maximum Gasteiger partial charge on any atom is 0.414 e. The van der Waals surface area contributed by atoms with Crippen LogP contribution in [0.1, 0.15) is 45.7 Å². The number of ether oxygens (including phenoxy) is 1. The van der Waals surface area contributed by atoms with Crippen molar-refractivity contribution in [3.8, 4) is 0 Å². The molecule has 0 saturated carbocycles. The second kappa shape index (κ2) is 19.3. The quantitative estimate of drug-likeness (QED) is 0.320. The zero-order valence-corrected chi connectivity index (χ0v) is 26.3. The van der Waals surface area contributed by atoms with Crippen molar-refractivity contribution < 1.29 is 41.8 Å². The molecule has 7 nitrogen and oxygen atoms in total. The van der Waals surface area contributed by atoms with E-state index in [0.29, 0.717) is 13.1 Å². The Kier molecular flexibility index (Phi) is 19.5. The van der Waals surface area contributed by atoms with Gasteiger partial charge in [-0.3, -0.25) is 4.90 Å². The number of carbonyl (C=O) groups excluding carboxylic acids is 2. The number of nitrogens with one attached hydrogen (secondary N) is 1. The Balaban J connectivity index is 0. The first-order valence-corrected chi connectivity index (χ1v) is 11.9. The summed E-state index contributed by atoms with van der Waals surface area (Å²) in [6.07, 6.45) is 0.457. The van der Waals surface area contributed by atoms with Gasteiger partial charge in [0, 0.05) is 65.3 Å². The summed E-state index contributed by atoms with van der Waals surface area (Å²) in [5.74, 6) is 0. The molecule has 2 N–H and O–H groups in total. The van der Waals surface area contributed by atoms with Gasteiger partial charge in [0.2, 0.25) is 0 Å². The van der Waals surface area contributed by atoms with Crippen LogP contribution >= 0.6 is 0 Å². The number of amides is 1. The molecule has 2 aromatic rings. The number of nitrogens with zero attached hydrogens (tertiary/aromatic N) is 2. The molecule has 0 bridgehead atoms. The van der Waals surface area contributed by atoms with Gasteiger partial charge >= 0.3 is 6.09 Å². The number of rotatable bonds is 8. The zero-order chi connectivity index (χ0) is 25.6. The molecule has 3 rings (SSSR count). The molecule has 0 spiro atoms. The number of aliphatic hydroxyl groups excluding tert-OH is 1. The van der Waals surface area contributed by atoms with Gasteiger partial charge < -0.3 is 38.4 Å². The number of fused-ring (bicyclic) bond motifs is 1. The molecule has 0 saturated heterocycles. The Morgan fingerprint density at radius 1 is 1.08 bits per heavy atom. The fourth-order valence-corrected chi connectivity index (χ4v) is 3.74. The van der Waals surface area contributed by atoms with E-state index in [-0.39, 0.29) is 60.7 Å². The van der Waals surface area contributed by atoms with Crippen LogP contribution in [-0.2, 0) is 58.4 Å². The third kappa shape index (κ3) is 11.5. The molecule has 1 amide bonds. The Labute approximate surface area is 239 Å². The van der Waals surface area contributed by atoms with Gasteiger partial charge in [0.15, 0.2) is 0 Å². The normalized spacial score (nSPS) is 11.3. The van der Waals surface area contributed by atoms with Crippen molar-refractivity contribution in [1.29, 1.82) is 0 Å². The van der Waals surface area contributed by atoms with Gasteiger partial charge in [0.1, 0.15) is 13.4 Å². The summed E-state index contributed by atoms with van der Waals surface area (Å²) in [6, 6.07) is 15.7. The molecular formula is C27H42N3O4STa-. The fourth-order valence-electron chi connectivity index (χ4n) is 3.74. The van der Waals surface area contributed by atoms with E-state index in [4.69, 9.17) is 9.53 Å². The van der Waals surface area contributed by atoms with E-state index < -0.39 is 0 Å². The van der Waals surface area contributed by atoms with E-state index in [0.717, 1.165) is 42.0 Å². The van der Waals surface area contributed by atoms with Crippen LogP contribution in [0.25, 0.3) is 0 Å². The average molecular weight is 686 g/mol. The van der Waals surface area contributed by atoms with Crippen molar-refractivity contribution in [2.75, 3.05) is 42.6 Å². The molecule has 0 aromatic heterocycles. The van der Waals surface area contributed by atoms with Gasteiger partial charge in [-0.25, -0.2) is 4.79 Å². The molecule has 2 aromatic carbocycles. The minimum atomic E-state index is -0.321. The molecule has 0 unspecified atom stereocenters. The van der Waals surface area contributed by atoms with E-state index >= 15 is 0 Å². The van der Waals surface area contributed by atoms with Gasteiger partial charge in [-0.15, -0.1) is 0 Å². The molecule has 1 aliphatic rings. The van der Waals surface area contributed by atoms with Crippen LogP contribution in [0, 0.1) is 0 Å². The average Bonchev–Trinajstić information content (AvgIpc) is 3.29. The summed E-state index contributed by atoms with van der Waals surface area (Å²) in [5.41, 5.74) is 4.13. The molecule has 201 valence electrons. The predicted octanol–water partition coefficient (Wildman–Crippen LogP) is 4.14. The zero-order valence-electron chi connectivity index (χ0n) is 22.2. The first-order valence-electron chi connectivity index (χ1n) is 11.9. The minimum Gasteiger partial charge on any atom is -0.813 e. The van der Waals surface area contributed by atoms with E-state index in [9.17, 15) is 9.90 Å². The largest absolute Gasteiger partial charge is 0.813 e. The summed E-state index contributed by atoms with van der Waals surface area (Å²) >= 11 is 0. The number of benzene rings is 2. The first kappa shape index (κ1) is 36.3. The molecule has 1 heterocycles. The molecule has 36 heavy (non-hydrogen) atoms. The second-order valence-corrected chi connectivity index (χ2v) is 8.60. The molecule has 0 atom stereocenters. The Morgan fingerprint density at radius 3 is 2.31 bits per heavy atom. The molecule has 9 heteroatoms. The number of aliphatic hydroxyl groups is 1. The number of hydrogen-bond donors (Lipinski definition) is 2. The Hall–Kier alpha value is -1.81. The van der Waals surface area contributed by atoms with Gasteiger partial charge in [0.05, 0.1) is 12.3 Å². The number of anilines is 2. The maximum atomic E-state index is 12.7. The predicted molar refractivity (Wildman–Crippen MR) is 148 cm³/mol. The van der Waals surface area contributed by atoms with Crippen molar-refractivity contribution >= 4 is 37.8 Å². The first-order chi connectivity index (χ1) is 16.4. The summed E-state index contributed by atoms with van der Waals surface area (Å²) in [7, 11) is 0. The molecule has 0 fully saturated rings. The standard InChI is InChI=1S/C24H33N3O3.C2H6.CH2O.H2S.Ta/c1-24(2,3)25-13-15-26(16-17-28)21-10-7-11-22-20(21)12-14-27(22)23(29)30-18-19-8-5-4-6-9-19;2*1-2;;/h4-11,25,28H,12-18H2,1-3H3;1-2H3;1H2;1H2;/p-1. The van der Waals surface area contributed by atoms with Gasteiger partial charge in [-0.05, 0) is 44.9 Å². The maximum absolute atomic E-state index is 12.7. The van der Waals surface area contributed by atoms with Crippen molar-refractivity contribution in [2.45, 2.75) is 53.2 Å². The van der Waals surface area contributed by atoms with Crippen LogP contribution in [0.2, 0.25) is 0 Å². The van der Waals surface area contributed by atoms with Crippen LogP contribution in [0.15, 0.2) is 48.5 Å². The van der Waals surface area contributed by atoms with E-state index in [1.54, 1.807) is 4.90 Å². The van der Waals surface area contributed by atoms with Gasteiger partial charge in [0.25, 0.3) is 0 Å². The molecular weight excluding hydrogens is 643 g/mol. The smallest absolute Gasteiger partial charge is 0.414 e. The number of hydrogen-bond acceptors (Lipinski definition) is 7. The van der Waals surface area contributed by atoms with Crippen molar-refractivity contribution in [2.24, 2.45) is 0 Å². The third-order valence-corrected chi connectivity index (χ3v) is 5.18. The topological polar surface area (TPSA) is 82.1 Å². The summed E-state index contributed by atoms with van der Waals surface area (Å²) in [5, 5.41) is 13.1. The van der Waals surface area contributed by atoms with Crippen LogP contribution in [0.4, 0.5) is 16.2 Å². The second-order valence-electron chi connectivity index (χ2n) is 8.60. The van der Waals surface area contributed by atoms with Crippen LogP contribution < -0.4 is 15.1 Å². The van der Waals surface area contributed by atoms with Crippen LogP contribution in [0.3, 0.4) is 0 Å². The number of thiol groups is 1. The van der Waals surface area contributed by atoms with Gasteiger partial charge in [-0.1, -0.05) is 50.2 Å². The van der Waals surface area contributed by atoms with Crippen LogP contribution in [-0.4, -0.2) is 56.3 Å². The Bertz CT molecular complexity index is 866. The van der Waals surface area contributed by atoms with E-state index in [1.807, 2.05) is 63.1 Å². The number of carbonyl (C=O) groups is 2.